The first-order valence-corrected chi connectivity index (χ1v) is 9.70. The molecule has 7 heteroatoms. The number of nitrogens with zero attached hydrogens (tertiary/aromatic N) is 3. The van der Waals surface area contributed by atoms with Crippen molar-refractivity contribution in [3.63, 3.8) is 0 Å². The minimum Gasteiger partial charge on any atom is -0.493 e. The van der Waals surface area contributed by atoms with Crippen molar-refractivity contribution in [2.45, 2.75) is 32.6 Å². The van der Waals surface area contributed by atoms with Crippen LogP contribution in [0.1, 0.15) is 41.0 Å². The molecular weight excluding hydrogens is 356 g/mol. The Bertz CT molecular complexity index is 819. The molecule has 1 saturated heterocycles. The fourth-order valence-electron chi connectivity index (χ4n) is 3.37. The topological polar surface area (TPSA) is 76.6 Å². The van der Waals surface area contributed by atoms with Crippen LogP contribution >= 0.6 is 0 Å². The third kappa shape index (κ3) is 4.91. The van der Waals surface area contributed by atoms with Gasteiger partial charge in [-0.3, -0.25) is 4.79 Å². The molecule has 0 bridgehead atoms. The van der Waals surface area contributed by atoms with Gasteiger partial charge in [0.05, 0.1) is 14.2 Å². The number of nitrogens with one attached hydrogen (secondary N) is 1. The molecule has 1 aromatic carbocycles. The fourth-order valence-corrected chi connectivity index (χ4v) is 3.37. The molecule has 1 aromatic heterocycles. The van der Waals surface area contributed by atoms with Gasteiger partial charge in [0.15, 0.2) is 11.5 Å². The highest BCUT2D eigenvalue weighted by Crippen LogP contribution is 2.27. The number of aromatic nitrogens is 2. The molecule has 3 rings (SSSR count). The van der Waals surface area contributed by atoms with Crippen molar-refractivity contribution in [2.24, 2.45) is 0 Å². The summed E-state index contributed by atoms with van der Waals surface area (Å²) in [6, 6.07) is 7.62. The van der Waals surface area contributed by atoms with Crippen LogP contribution in [0.5, 0.6) is 11.5 Å². The Morgan fingerprint density at radius 3 is 2.54 bits per heavy atom. The van der Waals surface area contributed by atoms with Crippen LogP contribution in [0.25, 0.3) is 0 Å². The highest BCUT2D eigenvalue weighted by atomic mass is 16.5. The number of ether oxygens (including phenoxy) is 2. The maximum absolute atomic E-state index is 12.7. The summed E-state index contributed by atoms with van der Waals surface area (Å²) in [5, 5.41) is 3.23. The molecular formula is C21H28N4O3. The van der Waals surface area contributed by atoms with Crippen molar-refractivity contribution < 1.29 is 14.3 Å². The predicted molar refractivity (Wildman–Crippen MR) is 108 cm³/mol. The van der Waals surface area contributed by atoms with Gasteiger partial charge in [0.1, 0.15) is 5.69 Å². The molecule has 0 saturated carbocycles. The first-order chi connectivity index (χ1) is 13.6. The Morgan fingerprint density at radius 1 is 1.07 bits per heavy atom. The van der Waals surface area contributed by atoms with Gasteiger partial charge in [-0.2, -0.15) is 0 Å². The normalized spacial score (nSPS) is 13.9. The van der Waals surface area contributed by atoms with E-state index < -0.39 is 0 Å². The van der Waals surface area contributed by atoms with Crippen molar-refractivity contribution in [3.05, 3.63) is 41.2 Å². The zero-order chi connectivity index (χ0) is 19.9. The standard InChI is InChI=1S/C21H28N4O3/c1-15-13-17(20(26)25-11-5-4-6-12-25)24-21(23-15)22-10-9-16-7-8-18(27-2)19(14-16)28-3/h7-8,13-14H,4-6,9-12H2,1-3H3,(H,22,23,24). The van der Waals surface area contributed by atoms with E-state index in [0.717, 1.165) is 43.6 Å². The van der Waals surface area contributed by atoms with Gasteiger partial charge in [-0.1, -0.05) is 6.07 Å². The molecule has 7 nitrogen and oxygen atoms in total. The van der Waals surface area contributed by atoms with Crippen molar-refractivity contribution in [2.75, 3.05) is 39.2 Å². The van der Waals surface area contributed by atoms with E-state index in [1.165, 1.54) is 6.42 Å². The number of rotatable bonds is 7. The van der Waals surface area contributed by atoms with Crippen molar-refractivity contribution >= 4 is 11.9 Å². The average Bonchev–Trinajstić information content (AvgIpc) is 2.73. The van der Waals surface area contributed by atoms with Gasteiger partial charge in [0.2, 0.25) is 5.95 Å². The molecule has 1 aliphatic rings. The van der Waals surface area contributed by atoms with Crippen LogP contribution in [0, 0.1) is 6.92 Å². The van der Waals surface area contributed by atoms with E-state index in [9.17, 15) is 4.79 Å². The van der Waals surface area contributed by atoms with Crippen molar-refractivity contribution in [3.8, 4) is 11.5 Å². The van der Waals surface area contributed by atoms with Gasteiger partial charge in [0.25, 0.3) is 5.91 Å². The number of benzene rings is 1. The number of carbonyl (C=O) groups excluding carboxylic acids is 1. The third-order valence-corrected chi connectivity index (χ3v) is 4.86. The summed E-state index contributed by atoms with van der Waals surface area (Å²) in [4.78, 5) is 23.5. The van der Waals surface area contributed by atoms with E-state index in [0.29, 0.717) is 29.7 Å². The molecule has 1 aliphatic heterocycles. The molecule has 0 radical (unpaired) electrons. The number of likely N-dealkylation sites (tertiary alicyclic amines) is 1. The number of amides is 1. The van der Waals surface area contributed by atoms with Crippen LogP contribution in [0.4, 0.5) is 5.95 Å². The lowest BCUT2D eigenvalue weighted by atomic mass is 10.1. The summed E-state index contributed by atoms with van der Waals surface area (Å²) in [5.74, 6) is 1.90. The predicted octanol–water partition coefficient (Wildman–Crippen LogP) is 3.08. The van der Waals surface area contributed by atoms with Crippen molar-refractivity contribution in [1.82, 2.24) is 14.9 Å². The highest BCUT2D eigenvalue weighted by Gasteiger charge is 2.20. The summed E-state index contributed by atoms with van der Waals surface area (Å²) in [5.41, 5.74) is 2.36. The maximum atomic E-state index is 12.7. The van der Waals surface area contributed by atoms with Crippen LogP contribution in [0.3, 0.4) is 0 Å². The monoisotopic (exact) mass is 384 g/mol. The summed E-state index contributed by atoms with van der Waals surface area (Å²) in [7, 11) is 3.25. The second-order valence-corrected chi connectivity index (χ2v) is 6.94. The van der Waals surface area contributed by atoms with E-state index in [1.54, 1.807) is 20.3 Å². The van der Waals surface area contributed by atoms with Crippen LogP contribution < -0.4 is 14.8 Å². The molecule has 1 fully saturated rings. The SMILES string of the molecule is COc1ccc(CCNc2nc(C)cc(C(=O)N3CCCCC3)n2)cc1OC. The largest absolute Gasteiger partial charge is 0.493 e. The minimum atomic E-state index is -0.00635. The Hall–Kier alpha value is -2.83. The van der Waals surface area contributed by atoms with E-state index in [4.69, 9.17) is 9.47 Å². The summed E-state index contributed by atoms with van der Waals surface area (Å²) >= 11 is 0. The summed E-state index contributed by atoms with van der Waals surface area (Å²) in [6.07, 6.45) is 4.08. The first-order valence-electron chi connectivity index (χ1n) is 9.70. The second kappa shape index (κ2) is 9.39. The van der Waals surface area contributed by atoms with Gasteiger partial charge >= 0.3 is 0 Å². The van der Waals surface area contributed by atoms with Gasteiger partial charge in [-0.25, -0.2) is 9.97 Å². The number of hydrogen-bond acceptors (Lipinski definition) is 6. The van der Waals surface area contributed by atoms with E-state index in [-0.39, 0.29) is 5.91 Å². The lowest BCUT2D eigenvalue weighted by Crippen LogP contribution is -2.36. The molecule has 28 heavy (non-hydrogen) atoms. The molecule has 1 N–H and O–H groups in total. The Kier molecular flexibility index (Phi) is 6.68. The van der Waals surface area contributed by atoms with Gasteiger partial charge in [-0.15, -0.1) is 0 Å². The number of methoxy groups -OCH3 is 2. The second-order valence-electron chi connectivity index (χ2n) is 6.94. The van der Waals surface area contributed by atoms with Crippen LogP contribution in [0.2, 0.25) is 0 Å². The van der Waals surface area contributed by atoms with E-state index >= 15 is 0 Å². The molecule has 0 aliphatic carbocycles. The Balaban J connectivity index is 1.63. The lowest BCUT2D eigenvalue weighted by molar-refractivity contribution is 0.0718. The number of aryl methyl sites for hydroxylation is 1. The number of piperidine rings is 1. The zero-order valence-corrected chi connectivity index (χ0v) is 16.8. The first kappa shape index (κ1) is 19.9. The summed E-state index contributed by atoms with van der Waals surface area (Å²) in [6.45, 7) is 4.15. The molecule has 2 aromatic rings. The Morgan fingerprint density at radius 2 is 1.82 bits per heavy atom. The fraction of sp³-hybridized carbons (Fsp3) is 0.476. The maximum Gasteiger partial charge on any atom is 0.272 e. The minimum absolute atomic E-state index is 0.00635. The van der Waals surface area contributed by atoms with Crippen LogP contribution in [-0.2, 0) is 6.42 Å². The molecule has 0 spiro atoms. The van der Waals surface area contributed by atoms with Gasteiger partial charge in [0, 0.05) is 25.3 Å². The van der Waals surface area contributed by atoms with Crippen LogP contribution in [0.15, 0.2) is 24.3 Å². The van der Waals surface area contributed by atoms with E-state index in [2.05, 4.69) is 15.3 Å². The Labute approximate surface area is 166 Å². The van der Waals surface area contributed by atoms with Gasteiger partial charge < -0.3 is 19.7 Å². The molecule has 2 heterocycles. The average molecular weight is 384 g/mol. The quantitative estimate of drug-likeness (QED) is 0.791. The summed E-state index contributed by atoms with van der Waals surface area (Å²) < 4.78 is 10.6. The van der Waals surface area contributed by atoms with Crippen LogP contribution in [-0.4, -0.2) is 54.6 Å². The molecule has 1 amide bonds. The number of anilines is 1. The highest BCUT2D eigenvalue weighted by molar-refractivity contribution is 5.92. The molecule has 0 unspecified atom stereocenters. The van der Waals surface area contributed by atoms with Crippen molar-refractivity contribution in [1.29, 1.82) is 0 Å². The molecule has 0 atom stereocenters. The number of hydrogen-bond donors (Lipinski definition) is 1. The lowest BCUT2D eigenvalue weighted by Gasteiger charge is -2.26. The number of carbonyl (C=O) groups is 1. The smallest absolute Gasteiger partial charge is 0.272 e. The zero-order valence-electron chi connectivity index (χ0n) is 16.8. The van der Waals surface area contributed by atoms with E-state index in [1.807, 2.05) is 30.0 Å². The van der Waals surface area contributed by atoms with Gasteiger partial charge in [-0.05, 0) is 56.4 Å². The third-order valence-electron chi connectivity index (χ3n) is 4.86. The molecule has 150 valence electrons.